The molecule has 0 spiro atoms. The van der Waals surface area contributed by atoms with Crippen LogP contribution in [0.25, 0.3) is 0 Å². The monoisotopic (exact) mass is 215 g/mol. The molecule has 1 aliphatic heterocycles. The van der Waals surface area contributed by atoms with Crippen LogP contribution in [0, 0.1) is 0 Å². The van der Waals surface area contributed by atoms with E-state index in [1.165, 1.54) is 12.8 Å². The van der Waals surface area contributed by atoms with Gasteiger partial charge in [0.1, 0.15) is 5.84 Å². The van der Waals surface area contributed by atoms with Gasteiger partial charge >= 0.3 is 0 Å². The first kappa shape index (κ1) is 12.4. The van der Waals surface area contributed by atoms with Crippen LogP contribution in [0.5, 0.6) is 0 Å². The van der Waals surface area contributed by atoms with Gasteiger partial charge < -0.3 is 14.9 Å². The summed E-state index contributed by atoms with van der Waals surface area (Å²) < 4.78 is 10.5. The number of aliphatic imine (C=N–C) groups is 1. The molecule has 5 heteroatoms. The van der Waals surface area contributed by atoms with E-state index in [9.17, 15) is 0 Å². The molecule has 1 unspecified atom stereocenters. The second-order valence-corrected chi connectivity index (χ2v) is 3.66. The first-order valence-corrected chi connectivity index (χ1v) is 5.47. The molecule has 1 saturated heterocycles. The van der Waals surface area contributed by atoms with E-state index in [0.717, 1.165) is 25.3 Å². The maximum Gasteiger partial charge on any atom is 0.113 e. The van der Waals surface area contributed by atoms with Crippen LogP contribution in [0.2, 0.25) is 0 Å². The third kappa shape index (κ3) is 5.11. The Labute approximate surface area is 91.0 Å². The molecule has 0 aromatic carbocycles. The quantitative estimate of drug-likeness (QED) is 0.230. The molecular weight excluding hydrogens is 194 g/mol. The number of methoxy groups -OCH3 is 1. The van der Waals surface area contributed by atoms with E-state index in [1.807, 2.05) is 0 Å². The number of hydrogen-bond acceptors (Lipinski definition) is 4. The number of nitrogens with two attached hydrogens (primary N) is 1. The van der Waals surface area contributed by atoms with Crippen molar-refractivity contribution in [2.75, 3.05) is 26.9 Å². The Hall–Kier alpha value is -0.650. The van der Waals surface area contributed by atoms with Gasteiger partial charge in [-0.3, -0.25) is 4.99 Å². The number of hydrazine groups is 1. The van der Waals surface area contributed by atoms with Gasteiger partial charge in [0.05, 0.1) is 19.3 Å². The van der Waals surface area contributed by atoms with E-state index in [4.69, 9.17) is 15.3 Å². The number of rotatable bonds is 5. The van der Waals surface area contributed by atoms with E-state index in [2.05, 4.69) is 10.4 Å². The normalized spacial score (nSPS) is 22.8. The zero-order valence-corrected chi connectivity index (χ0v) is 9.37. The van der Waals surface area contributed by atoms with E-state index in [-0.39, 0.29) is 6.10 Å². The highest BCUT2D eigenvalue weighted by molar-refractivity contribution is 5.82. The molecule has 5 nitrogen and oxygen atoms in total. The van der Waals surface area contributed by atoms with Crippen LogP contribution in [-0.2, 0) is 9.47 Å². The highest BCUT2D eigenvalue weighted by Gasteiger charge is 2.15. The topological polar surface area (TPSA) is 68.9 Å². The van der Waals surface area contributed by atoms with Crippen molar-refractivity contribution in [1.29, 1.82) is 0 Å². The number of ether oxygens (including phenoxy) is 2. The molecule has 0 aromatic heterocycles. The Morgan fingerprint density at radius 2 is 2.47 bits per heavy atom. The van der Waals surface area contributed by atoms with Gasteiger partial charge in [0.2, 0.25) is 0 Å². The predicted octanol–water partition coefficient (Wildman–Crippen LogP) is 0.454. The van der Waals surface area contributed by atoms with Crippen LogP contribution < -0.4 is 11.3 Å². The van der Waals surface area contributed by atoms with Crippen LogP contribution in [0.3, 0.4) is 0 Å². The third-order valence-electron chi connectivity index (χ3n) is 2.46. The first-order valence-electron chi connectivity index (χ1n) is 5.47. The van der Waals surface area contributed by atoms with Crippen molar-refractivity contribution in [3.05, 3.63) is 0 Å². The summed E-state index contributed by atoms with van der Waals surface area (Å²) in [7, 11) is 1.66. The van der Waals surface area contributed by atoms with Crippen molar-refractivity contribution in [3.8, 4) is 0 Å². The van der Waals surface area contributed by atoms with Crippen LogP contribution in [-0.4, -0.2) is 38.8 Å². The van der Waals surface area contributed by atoms with Crippen molar-refractivity contribution in [2.24, 2.45) is 10.8 Å². The molecule has 88 valence electrons. The molecular formula is C10H21N3O2. The minimum atomic E-state index is 0.274. The largest absolute Gasteiger partial charge is 0.383 e. The number of amidine groups is 1. The lowest BCUT2D eigenvalue weighted by Crippen LogP contribution is -2.35. The van der Waals surface area contributed by atoms with Crippen molar-refractivity contribution in [1.82, 2.24) is 5.43 Å². The number of hydrogen-bond donors (Lipinski definition) is 2. The fraction of sp³-hybridized carbons (Fsp3) is 0.900. The summed E-state index contributed by atoms with van der Waals surface area (Å²) in [5, 5.41) is 0. The molecule has 1 heterocycles. The maximum absolute atomic E-state index is 5.61. The summed E-state index contributed by atoms with van der Waals surface area (Å²) in [6, 6.07) is 0. The van der Waals surface area contributed by atoms with Gasteiger partial charge in [-0.05, 0) is 19.3 Å². The molecule has 0 bridgehead atoms. The van der Waals surface area contributed by atoms with E-state index >= 15 is 0 Å². The summed E-state index contributed by atoms with van der Waals surface area (Å²) >= 11 is 0. The minimum Gasteiger partial charge on any atom is -0.383 e. The zero-order valence-electron chi connectivity index (χ0n) is 9.37. The van der Waals surface area contributed by atoms with Crippen LogP contribution >= 0.6 is 0 Å². The summed E-state index contributed by atoms with van der Waals surface area (Å²) in [6.45, 7) is 2.13. The summed E-state index contributed by atoms with van der Waals surface area (Å²) in [5.41, 5.74) is 2.62. The molecule has 1 atom stereocenters. The van der Waals surface area contributed by atoms with Crippen LogP contribution in [0.15, 0.2) is 4.99 Å². The Morgan fingerprint density at radius 3 is 3.07 bits per heavy atom. The standard InChI is InChI=1S/C10H21N3O2/c1-14-7-5-12-10(13-11)8-9-4-2-3-6-15-9/h9H,2-8,11H2,1H3,(H,12,13). The average molecular weight is 215 g/mol. The Kier molecular flexibility index (Phi) is 6.31. The van der Waals surface area contributed by atoms with Crippen LogP contribution in [0.1, 0.15) is 25.7 Å². The Balaban J connectivity index is 2.27. The fourth-order valence-corrected chi connectivity index (χ4v) is 1.63. The fourth-order valence-electron chi connectivity index (χ4n) is 1.63. The molecule has 0 saturated carbocycles. The Bertz CT molecular complexity index is 191. The lowest BCUT2D eigenvalue weighted by Gasteiger charge is -2.22. The van der Waals surface area contributed by atoms with Crippen molar-refractivity contribution >= 4 is 5.84 Å². The van der Waals surface area contributed by atoms with E-state index < -0.39 is 0 Å². The van der Waals surface area contributed by atoms with Crippen molar-refractivity contribution < 1.29 is 9.47 Å². The summed E-state index contributed by atoms with van der Waals surface area (Å²) in [6.07, 6.45) is 4.56. The smallest absolute Gasteiger partial charge is 0.113 e. The second kappa shape index (κ2) is 7.62. The van der Waals surface area contributed by atoms with Gasteiger partial charge in [-0.2, -0.15) is 0 Å². The van der Waals surface area contributed by atoms with Gasteiger partial charge in [-0.15, -0.1) is 0 Å². The van der Waals surface area contributed by atoms with Gasteiger partial charge in [-0.25, -0.2) is 5.84 Å². The van der Waals surface area contributed by atoms with Crippen LogP contribution in [0.4, 0.5) is 0 Å². The average Bonchev–Trinajstić information content (AvgIpc) is 2.29. The lowest BCUT2D eigenvalue weighted by molar-refractivity contribution is 0.0206. The van der Waals surface area contributed by atoms with Gasteiger partial charge in [0.15, 0.2) is 0 Å². The lowest BCUT2D eigenvalue weighted by atomic mass is 10.1. The molecule has 0 aromatic rings. The second-order valence-electron chi connectivity index (χ2n) is 3.66. The van der Waals surface area contributed by atoms with Crippen molar-refractivity contribution in [2.45, 2.75) is 31.8 Å². The number of nitrogens with zero attached hydrogens (tertiary/aromatic N) is 1. The SMILES string of the molecule is COCCN=C(CC1CCCCO1)NN. The summed E-state index contributed by atoms with van der Waals surface area (Å²) in [5.74, 6) is 6.20. The maximum atomic E-state index is 5.61. The molecule has 0 amide bonds. The predicted molar refractivity (Wildman–Crippen MR) is 59.7 cm³/mol. The molecule has 3 N–H and O–H groups in total. The van der Waals surface area contributed by atoms with Gasteiger partial charge in [0.25, 0.3) is 0 Å². The molecule has 1 aliphatic rings. The minimum absolute atomic E-state index is 0.274. The highest BCUT2D eigenvalue weighted by atomic mass is 16.5. The van der Waals surface area contributed by atoms with E-state index in [1.54, 1.807) is 7.11 Å². The molecule has 1 rings (SSSR count). The molecule has 0 radical (unpaired) electrons. The van der Waals surface area contributed by atoms with Gasteiger partial charge in [0, 0.05) is 20.1 Å². The van der Waals surface area contributed by atoms with Crippen molar-refractivity contribution in [3.63, 3.8) is 0 Å². The zero-order chi connectivity index (χ0) is 10.9. The summed E-state index contributed by atoms with van der Waals surface area (Å²) in [4.78, 5) is 4.30. The number of nitrogens with one attached hydrogen (secondary N) is 1. The Morgan fingerprint density at radius 1 is 1.60 bits per heavy atom. The molecule has 0 aliphatic carbocycles. The third-order valence-corrected chi connectivity index (χ3v) is 2.46. The molecule has 15 heavy (non-hydrogen) atoms. The van der Waals surface area contributed by atoms with E-state index in [0.29, 0.717) is 13.2 Å². The van der Waals surface area contributed by atoms with Gasteiger partial charge in [-0.1, -0.05) is 0 Å². The first-order chi connectivity index (χ1) is 7.36. The highest BCUT2D eigenvalue weighted by Crippen LogP contribution is 2.15. The molecule has 1 fully saturated rings.